The summed E-state index contributed by atoms with van der Waals surface area (Å²) in [5.74, 6) is 0.366. The van der Waals surface area contributed by atoms with E-state index in [0.29, 0.717) is 11.5 Å². The smallest absolute Gasteiger partial charge is 0.422 e. The zero-order chi connectivity index (χ0) is 17.3. The minimum absolute atomic E-state index is 0.00221. The van der Waals surface area contributed by atoms with Crippen LogP contribution in [0.2, 0.25) is 0 Å². The highest BCUT2D eigenvalue weighted by molar-refractivity contribution is 5.94. The van der Waals surface area contributed by atoms with Crippen LogP contribution in [0.5, 0.6) is 5.75 Å². The topological polar surface area (TPSA) is 41.6 Å². The van der Waals surface area contributed by atoms with E-state index in [9.17, 15) is 13.6 Å². The van der Waals surface area contributed by atoms with E-state index in [-0.39, 0.29) is 23.3 Å². The summed E-state index contributed by atoms with van der Waals surface area (Å²) in [5, 5.41) is 3.07. The van der Waals surface area contributed by atoms with Crippen LogP contribution in [0.3, 0.4) is 0 Å². The van der Waals surface area contributed by atoms with Gasteiger partial charge < -0.3 is 15.0 Å². The molecule has 0 spiro atoms. The fourth-order valence-corrected chi connectivity index (χ4v) is 3.29. The third-order valence-corrected chi connectivity index (χ3v) is 4.83. The molecule has 4 rings (SSSR count). The Morgan fingerprint density at radius 2 is 1.92 bits per heavy atom. The van der Waals surface area contributed by atoms with E-state index < -0.39 is 6.11 Å². The highest BCUT2D eigenvalue weighted by atomic mass is 19.3. The van der Waals surface area contributed by atoms with E-state index in [1.165, 1.54) is 31.2 Å². The molecule has 130 valence electrons. The molecule has 3 heterocycles. The fourth-order valence-electron chi connectivity index (χ4n) is 3.29. The number of halogens is 2. The summed E-state index contributed by atoms with van der Waals surface area (Å²) in [6.07, 6.45) is -1.18. The number of alkyl halides is 2. The quantitative estimate of drug-likeness (QED) is 0.840. The van der Waals surface area contributed by atoms with Crippen LogP contribution in [0.1, 0.15) is 30.1 Å². The van der Waals surface area contributed by atoms with Gasteiger partial charge in [0, 0.05) is 23.7 Å². The normalized spacial score (nSPS) is 26.0. The lowest BCUT2D eigenvalue weighted by molar-refractivity contribution is -0.141. The number of ether oxygens (including phenoxy) is 1. The number of hydrogen-bond donors (Lipinski definition) is 1. The summed E-state index contributed by atoms with van der Waals surface area (Å²) >= 11 is 0. The number of fused-ring (bicyclic) bond motifs is 3. The van der Waals surface area contributed by atoms with Crippen LogP contribution in [-0.2, 0) is 0 Å². The molecule has 3 saturated heterocycles. The van der Waals surface area contributed by atoms with Gasteiger partial charge in [-0.2, -0.15) is 8.78 Å². The number of nitrogens with one attached hydrogen (secondary N) is 1. The van der Waals surface area contributed by atoms with Gasteiger partial charge in [0.25, 0.3) is 5.91 Å². The number of nitrogens with zero attached hydrogens (tertiary/aromatic N) is 1. The number of hydrogen-bond acceptors (Lipinski definition) is 3. The zero-order valence-electron chi connectivity index (χ0n) is 13.7. The van der Waals surface area contributed by atoms with Gasteiger partial charge in [0.15, 0.2) is 0 Å². The van der Waals surface area contributed by atoms with Crippen molar-refractivity contribution in [2.24, 2.45) is 5.92 Å². The van der Waals surface area contributed by atoms with Gasteiger partial charge in [-0.3, -0.25) is 4.79 Å². The van der Waals surface area contributed by atoms with Crippen LogP contribution in [0, 0.1) is 5.92 Å². The van der Waals surface area contributed by atoms with Crippen molar-refractivity contribution in [3.63, 3.8) is 0 Å². The zero-order valence-corrected chi connectivity index (χ0v) is 13.7. The average Bonchev–Trinajstić information content (AvgIpc) is 2.56. The van der Waals surface area contributed by atoms with Crippen LogP contribution in [-0.4, -0.2) is 42.6 Å². The maximum Gasteiger partial charge on any atom is 0.422 e. The third kappa shape index (κ3) is 3.59. The summed E-state index contributed by atoms with van der Waals surface area (Å²) < 4.78 is 31.6. The molecule has 1 atom stereocenters. The van der Waals surface area contributed by atoms with Crippen LogP contribution in [0.25, 0.3) is 0 Å². The van der Waals surface area contributed by atoms with E-state index in [2.05, 4.69) is 21.5 Å². The van der Waals surface area contributed by atoms with Gasteiger partial charge >= 0.3 is 6.11 Å². The maximum absolute atomic E-state index is 13.5. The summed E-state index contributed by atoms with van der Waals surface area (Å²) in [6.45, 7) is 7.53. The molecule has 24 heavy (non-hydrogen) atoms. The summed E-state index contributed by atoms with van der Waals surface area (Å²) in [5.41, 5.74) is 0.0732. The Kier molecular flexibility index (Phi) is 4.58. The molecule has 1 N–H and O–H groups in total. The Bertz CT molecular complexity index is 622. The van der Waals surface area contributed by atoms with Crippen LogP contribution >= 0.6 is 0 Å². The Hall–Kier alpha value is -1.95. The second kappa shape index (κ2) is 6.51. The van der Waals surface area contributed by atoms with Gasteiger partial charge in [-0.1, -0.05) is 6.58 Å². The first-order chi connectivity index (χ1) is 11.3. The summed E-state index contributed by atoms with van der Waals surface area (Å²) in [4.78, 5) is 14.7. The van der Waals surface area contributed by atoms with Gasteiger partial charge in [-0.25, -0.2) is 0 Å². The first kappa shape index (κ1) is 16.9. The molecule has 3 aliphatic rings. The molecule has 1 aromatic rings. The van der Waals surface area contributed by atoms with Gasteiger partial charge in [0.05, 0.1) is 0 Å². The van der Waals surface area contributed by atoms with Gasteiger partial charge in [0.2, 0.25) is 0 Å². The summed E-state index contributed by atoms with van der Waals surface area (Å²) in [6, 6.07) is 5.93. The Labute approximate surface area is 140 Å². The number of piperidine rings is 3. The number of benzene rings is 1. The highest BCUT2D eigenvalue weighted by Crippen LogP contribution is 2.29. The predicted molar refractivity (Wildman–Crippen MR) is 87.2 cm³/mol. The minimum Gasteiger partial charge on any atom is -0.429 e. The van der Waals surface area contributed by atoms with Gasteiger partial charge in [-0.15, -0.1) is 0 Å². The molecule has 6 heteroatoms. The van der Waals surface area contributed by atoms with Crippen molar-refractivity contribution in [3.8, 4) is 5.75 Å². The van der Waals surface area contributed by atoms with E-state index in [1.54, 1.807) is 0 Å². The minimum atomic E-state index is -3.42. The number of amides is 1. The second-order valence-electron chi connectivity index (χ2n) is 6.64. The summed E-state index contributed by atoms with van der Waals surface area (Å²) in [7, 11) is 0. The first-order valence-corrected chi connectivity index (χ1v) is 8.21. The second-order valence-corrected chi connectivity index (χ2v) is 6.64. The lowest BCUT2D eigenvalue weighted by atomic mass is 9.84. The molecule has 4 nitrogen and oxygen atoms in total. The molecular formula is C18H22F2N2O2. The Morgan fingerprint density at radius 1 is 1.29 bits per heavy atom. The number of carbonyl (C=O) groups is 1. The van der Waals surface area contributed by atoms with Crippen LogP contribution in [0.4, 0.5) is 8.78 Å². The van der Waals surface area contributed by atoms with Crippen molar-refractivity contribution in [2.75, 3.05) is 19.6 Å². The Morgan fingerprint density at radius 3 is 2.42 bits per heavy atom. The molecule has 1 amide bonds. The molecule has 1 aromatic carbocycles. The van der Waals surface area contributed by atoms with Crippen molar-refractivity contribution in [2.45, 2.75) is 31.9 Å². The molecule has 3 fully saturated rings. The van der Waals surface area contributed by atoms with Crippen molar-refractivity contribution < 1.29 is 18.3 Å². The molecule has 0 radical (unpaired) electrons. The molecule has 0 aliphatic carbocycles. The largest absolute Gasteiger partial charge is 0.429 e. The van der Waals surface area contributed by atoms with Crippen LogP contribution < -0.4 is 10.1 Å². The van der Waals surface area contributed by atoms with E-state index in [1.807, 2.05) is 0 Å². The lowest BCUT2D eigenvalue weighted by Crippen LogP contribution is -2.57. The average molecular weight is 336 g/mol. The van der Waals surface area contributed by atoms with Gasteiger partial charge in [-0.05, 0) is 63.0 Å². The third-order valence-electron chi connectivity index (χ3n) is 4.83. The van der Waals surface area contributed by atoms with Crippen molar-refractivity contribution in [3.05, 3.63) is 42.0 Å². The molecule has 0 saturated carbocycles. The number of rotatable bonds is 5. The molecule has 3 aliphatic heterocycles. The number of carbonyl (C=O) groups excluding carboxylic acids is 1. The van der Waals surface area contributed by atoms with Crippen molar-refractivity contribution in [1.82, 2.24) is 10.2 Å². The molecule has 0 aromatic heterocycles. The molecular weight excluding hydrogens is 314 g/mol. The predicted octanol–water partition coefficient (Wildman–Crippen LogP) is 3.06. The lowest BCUT2D eigenvalue weighted by Gasteiger charge is -2.44. The SMILES string of the molecule is C=C(C)C(F)(F)Oc1ccc(C(=O)NC2CN3CCC2CC3)cc1. The van der Waals surface area contributed by atoms with Gasteiger partial charge in [0.1, 0.15) is 5.75 Å². The first-order valence-electron chi connectivity index (χ1n) is 8.21. The highest BCUT2D eigenvalue weighted by Gasteiger charge is 2.35. The van der Waals surface area contributed by atoms with Crippen molar-refractivity contribution in [1.29, 1.82) is 0 Å². The van der Waals surface area contributed by atoms with E-state index in [4.69, 9.17) is 0 Å². The standard InChI is InChI=1S/C18H22F2N2O2/c1-12(2)18(19,20)24-15-5-3-14(4-6-15)17(23)21-16-11-22-9-7-13(16)8-10-22/h3-6,13,16H,1,7-11H2,2H3,(H,21,23). The Balaban J connectivity index is 1.61. The van der Waals surface area contributed by atoms with Crippen LogP contribution in [0.15, 0.2) is 36.4 Å². The maximum atomic E-state index is 13.5. The molecule has 1 unspecified atom stereocenters. The van der Waals surface area contributed by atoms with E-state index >= 15 is 0 Å². The van der Waals surface area contributed by atoms with E-state index in [0.717, 1.165) is 32.5 Å². The fraction of sp³-hybridized carbons (Fsp3) is 0.500. The molecule has 2 bridgehead atoms. The monoisotopic (exact) mass is 336 g/mol. The van der Waals surface area contributed by atoms with Crippen molar-refractivity contribution >= 4 is 5.91 Å².